The highest BCUT2D eigenvalue weighted by molar-refractivity contribution is 5.77. The highest BCUT2D eigenvalue weighted by atomic mass is 16.5. The molecule has 2 aromatic carbocycles. The van der Waals surface area contributed by atoms with Gasteiger partial charge in [-0.25, -0.2) is 0 Å². The van der Waals surface area contributed by atoms with Gasteiger partial charge in [-0.2, -0.15) is 0 Å². The van der Waals surface area contributed by atoms with Gasteiger partial charge in [-0.15, -0.1) is 0 Å². The number of benzene rings is 2. The summed E-state index contributed by atoms with van der Waals surface area (Å²) in [6, 6.07) is 10.9. The third-order valence-corrected chi connectivity index (χ3v) is 4.03. The van der Waals surface area contributed by atoms with Crippen LogP contribution in [0.15, 0.2) is 36.4 Å². The van der Waals surface area contributed by atoms with Crippen molar-refractivity contribution in [3.63, 3.8) is 0 Å². The number of aryl methyl sites for hydroxylation is 1. The lowest BCUT2D eigenvalue weighted by atomic mass is 9.90. The van der Waals surface area contributed by atoms with Gasteiger partial charge in [-0.05, 0) is 42.2 Å². The fourth-order valence-electron chi connectivity index (χ4n) is 2.80. The number of aliphatic carboxylic acids is 1. The van der Waals surface area contributed by atoms with E-state index in [1.54, 1.807) is 39.5 Å². The van der Waals surface area contributed by atoms with Gasteiger partial charge in [0, 0.05) is 0 Å². The molecule has 0 saturated heterocycles. The molecule has 0 heterocycles. The summed E-state index contributed by atoms with van der Waals surface area (Å²) in [5.74, 6) is 0.323. The van der Waals surface area contributed by atoms with Gasteiger partial charge in [0.2, 0.25) is 0 Å². The van der Waals surface area contributed by atoms with E-state index in [4.69, 9.17) is 14.2 Å². The Kier molecular flexibility index (Phi) is 5.68. The monoisotopic (exact) mass is 330 g/mol. The first-order valence-corrected chi connectivity index (χ1v) is 7.59. The van der Waals surface area contributed by atoms with Crippen LogP contribution >= 0.6 is 0 Å². The highest BCUT2D eigenvalue weighted by Crippen LogP contribution is 2.35. The zero-order valence-electron chi connectivity index (χ0n) is 14.3. The van der Waals surface area contributed by atoms with E-state index in [-0.39, 0.29) is 0 Å². The summed E-state index contributed by atoms with van der Waals surface area (Å²) in [4.78, 5) is 11.8. The van der Waals surface area contributed by atoms with Gasteiger partial charge in [-0.1, -0.05) is 24.3 Å². The Bertz CT molecular complexity index is 724. The molecule has 0 spiro atoms. The molecule has 1 N–H and O–H groups in total. The molecule has 2 rings (SSSR count). The third-order valence-electron chi connectivity index (χ3n) is 4.03. The maximum absolute atomic E-state index is 11.8. The van der Waals surface area contributed by atoms with Crippen LogP contribution in [0.5, 0.6) is 17.2 Å². The molecule has 5 heteroatoms. The summed E-state index contributed by atoms with van der Waals surface area (Å²) in [5.41, 5.74) is 2.42. The first-order chi connectivity index (χ1) is 11.5. The van der Waals surface area contributed by atoms with Crippen LogP contribution in [0.2, 0.25) is 0 Å². The van der Waals surface area contributed by atoms with Crippen molar-refractivity contribution in [3.8, 4) is 17.2 Å². The number of rotatable bonds is 7. The van der Waals surface area contributed by atoms with Crippen molar-refractivity contribution in [2.45, 2.75) is 19.3 Å². The van der Waals surface area contributed by atoms with Gasteiger partial charge in [-0.3, -0.25) is 4.79 Å². The smallest absolute Gasteiger partial charge is 0.311 e. The molecule has 0 fully saturated rings. The second-order valence-electron chi connectivity index (χ2n) is 5.48. The summed E-state index contributed by atoms with van der Waals surface area (Å²) in [6.45, 7) is 1.90. The van der Waals surface area contributed by atoms with Crippen molar-refractivity contribution >= 4 is 5.97 Å². The molecule has 0 aliphatic rings. The molecule has 128 valence electrons. The number of carbonyl (C=O) groups is 1. The molecule has 0 bridgehead atoms. The summed E-state index contributed by atoms with van der Waals surface area (Å²) >= 11 is 0. The molecule has 1 unspecified atom stereocenters. The second kappa shape index (κ2) is 7.73. The zero-order chi connectivity index (χ0) is 17.7. The fraction of sp³-hybridized carbons (Fsp3) is 0.316. The Morgan fingerprint density at radius 2 is 1.75 bits per heavy atom. The Labute approximate surface area is 141 Å². The Hall–Kier alpha value is -2.69. The minimum atomic E-state index is -0.885. The molecular formula is C19H22O5. The van der Waals surface area contributed by atoms with Crippen LogP contribution in [0.1, 0.15) is 22.6 Å². The van der Waals surface area contributed by atoms with E-state index in [0.717, 1.165) is 22.4 Å². The minimum absolute atomic E-state index is 0.307. The average Bonchev–Trinajstić information content (AvgIpc) is 2.58. The second-order valence-corrected chi connectivity index (χ2v) is 5.48. The van der Waals surface area contributed by atoms with Crippen LogP contribution in [0.25, 0.3) is 0 Å². The molecule has 0 saturated carbocycles. The van der Waals surface area contributed by atoms with Crippen molar-refractivity contribution in [3.05, 3.63) is 53.1 Å². The lowest BCUT2D eigenvalue weighted by Gasteiger charge is -2.18. The summed E-state index contributed by atoms with van der Waals surface area (Å²) < 4.78 is 15.9. The number of ether oxygens (including phenoxy) is 3. The first-order valence-electron chi connectivity index (χ1n) is 7.59. The number of hydrogen-bond donors (Lipinski definition) is 1. The maximum atomic E-state index is 11.8. The van der Waals surface area contributed by atoms with E-state index in [1.807, 2.05) is 25.1 Å². The quantitative estimate of drug-likeness (QED) is 0.842. The van der Waals surface area contributed by atoms with Gasteiger partial charge in [0.1, 0.15) is 5.75 Å². The van der Waals surface area contributed by atoms with Crippen LogP contribution < -0.4 is 14.2 Å². The molecule has 2 aromatic rings. The number of carboxylic acids is 1. The van der Waals surface area contributed by atoms with Crippen LogP contribution in [-0.4, -0.2) is 32.4 Å². The molecule has 5 nitrogen and oxygen atoms in total. The summed E-state index contributed by atoms with van der Waals surface area (Å²) in [6.07, 6.45) is 0.307. The summed E-state index contributed by atoms with van der Waals surface area (Å²) in [7, 11) is 4.70. The molecule has 0 aromatic heterocycles. The van der Waals surface area contributed by atoms with Crippen LogP contribution in [-0.2, 0) is 11.2 Å². The van der Waals surface area contributed by atoms with Gasteiger partial charge >= 0.3 is 5.97 Å². The number of hydrogen-bond acceptors (Lipinski definition) is 4. The van der Waals surface area contributed by atoms with Gasteiger partial charge < -0.3 is 19.3 Å². The van der Waals surface area contributed by atoms with Crippen molar-refractivity contribution in [1.29, 1.82) is 0 Å². The number of methoxy groups -OCH3 is 3. The number of para-hydroxylation sites is 1. The summed E-state index contributed by atoms with van der Waals surface area (Å²) in [5, 5.41) is 9.69. The molecule has 0 aliphatic heterocycles. The molecule has 0 radical (unpaired) electrons. The van der Waals surface area contributed by atoms with Crippen molar-refractivity contribution in [2.24, 2.45) is 0 Å². The lowest BCUT2D eigenvalue weighted by Crippen LogP contribution is -2.15. The average molecular weight is 330 g/mol. The topological polar surface area (TPSA) is 65.0 Å². The van der Waals surface area contributed by atoms with E-state index in [2.05, 4.69) is 0 Å². The molecule has 0 aliphatic carbocycles. The Morgan fingerprint density at radius 1 is 1.04 bits per heavy atom. The normalized spacial score (nSPS) is 11.7. The Balaban J connectivity index is 2.40. The van der Waals surface area contributed by atoms with E-state index >= 15 is 0 Å². The Morgan fingerprint density at radius 3 is 2.29 bits per heavy atom. The lowest BCUT2D eigenvalue weighted by molar-refractivity contribution is -0.138. The predicted molar refractivity (Wildman–Crippen MR) is 91.4 cm³/mol. The predicted octanol–water partition coefficient (Wildman–Crippen LogP) is 3.43. The van der Waals surface area contributed by atoms with Crippen molar-refractivity contribution in [2.75, 3.05) is 21.3 Å². The zero-order valence-corrected chi connectivity index (χ0v) is 14.3. The van der Waals surface area contributed by atoms with Gasteiger partial charge in [0.05, 0.1) is 27.2 Å². The molecule has 24 heavy (non-hydrogen) atoms. The highest BCUT2D eigenvalue weighted by Gasteiger charge is 2.23. The molecule has 0 amide bonds. The standard InChI is InChI=1S/C19H22O5/c1-12-10-13(8-9-16(12)22-2)15(19(20)21)11-14-6-5-7-17(23-3)18(14)24-4/h5-10,15H,11H2,1-4H3,(H,20,21). The molecule has 1 atom stereocenters. The van der Waals surface area contributed by atoms with Crippen LogP contribution in [0, 0.1) is 6.92 Å². The van der Waals surface area contributed by atoms with E-state index < -0.39 is 11.9 Å². The number of carboxylic acid groups (broad SMARTS) is 1. The minimum Gasteiger partial charge on any atom is -0.496 e. The largest absolute Gasteiger partial charge is 0.496 e. The van der Waals surface area contributed by atoms with Crippen molar-refractivity contribution in [1.82, 2.24) is 0 Å². The fourth-order valence-corrected chi connectivity index (χ4v) is 2.80. The van der Waals surface area contributed by atoms with E-state index in [1.165, 1.54) is 0 Å². The van der Waals surface area contributed by atoms with Gasteiger partial charge in [0.25, 0.3) is 0 Å². The van der Waals surface area contributed by atoms with E-state index in [9.17, 15) is 9.90 Å². The van der Waals surface area contributed by atoms with Gasteiger partial charge in [0.15, 0.2) is 11.5 Å². The van der Waals surface area contributed by atoms with Crippen LogP contribution in [0.3, 0.4) is 0 Å². The van der Waals surface area contributed by atoms with Crippen LogP contribution in [0.4, 0.5) is 0 Å². The SMILES string of the molecule is COc1ccc(C(Cc2cccc(OC)c2OC)C(=O)O)cc1C. The van der Waals surface area contributed by atoms with E-state index in [0.29, 0.717) is 17.9 Å². The first kappa shape index (κ1) is 17.7. The molecular weight excluding hydrogens is 308 g/mol. The van der Waals surface area contributed by atoms with Crippen molar-refractivity contribution < 1.29 is 24.1 Å². The maximum Gasteiger partial charge on any atom is 0.311 e. The third kappa shape index (κ3) is 3.62.